The van der Waals surface area contributed by atoms with E-state index in [1.165, 1.54) is 59.7 Å². The lowest BCUT2D eigenvalue weighted by molar-refractivity contribution is -0.384. The smallest absolute Gasteiger partial charge is 0.335 e. The fraction of sp³-hybridized carbons (Fsp3) is 0.0870. The van der Waals surface area contributed by atoms with Crippen molar-refractivity contribution in [3.8, 4) is 0 Å². The molecule has 2 heterocycles. The highest BCUT2D eigenvalue weighted by Gasteiger charge is 2.47. The number of nitrogens with zero attached hydrogens (tertiary/aromatic N) is 2. The summed E-state index contributed by atoms with van der Waals surface area (Å²) >= 11 is 0. The van der Waals surface area contributed by atoms with Crippen LogP contribution in [-0.2, 0) is 16.1 Å². The predicted octanol–water partition coefficient (Wildman–Crippen LogP) is 3.51. The van der Waals surface area contributed by atoms with Crippen LogP contribution in [0.1, 0.15) is 33.3 Å². The first-order valence-corrected chi connectivity index (χ1v) is 9.67. The third-order valence-corrected chi connectivity index (χ3v) is 5.24. The zero-order chi connectivity index (χ0) is 23.7. The van der Waals surface area contributed by atoms with Crippen LogP contribution in [-0.4, -0.2) is 37.7 Å². The van der Waals surface area contributed by atoms with E-state index in [2.05, 4.69) is 0 Å². The standard InChI is InChI=1S/C23H16N2O8/c26-20(15-3-1-4-16(11-15)25(31)32)18-19(17-5-2-10-33-17)24(22(28)21(18)27)12-13-6-8-14(9-7-13)23(29)30/h1-11,19,26H,12H2,(H,29,30)/b20-18-. The lowest BCUT2D eigenvalue weighted by Gasteiger charge is -2.23. The number of hydrogen-bond acceptors (Lipinski definition) is 7. The maximum atomic E-state index is 12.9. The van der Waals surface area contributed by atoms with Gasteiger partial charge in [0.1, 0.15) is 17.6 Å². The average molecular weight is 448 g/mol. The largest absolute Gasteiger partial charge is 0.507 e. The minimum Gasteiger partial charge on any atom is -0.507 e. The molecule has 1 saturated heterocycles. The van der Waals surface area contributed by atoms with Gasteiger partial charge in [-0.05, 0) is 29.8 Å². The summed E-state index contributed by atoms with van der Waals surface area (Å²) in [6.45, 7) is -0.0679. The van der Waals surface area contributed by atoms with Crippen LogP contribution in [0.25, 0.3) is 5.76 Å². The van der Waals surface area contributed by atoms with Crippen molar-refractivity contribution in [2.45, 2.75) is 12.6 Å². The molecule has 33 heavy (non-hydrogen) atoms. The minimum atomic E-state index is -1.10. The van der Waals surface area contributed by atoms with E-state index >= 15 is 0 Å². The number of nitro benzene ring substituents is 1. The third kappa shape index (κ3) is 3.97. The molecule has 4 rings (SSSR count). The number of non-ortho nitro benzene ring substituents is 1. The lowest BCUT2D eigenvalue weighted by atomic mass is 9.99. The number of rotatable bonds is 6. The number of hydrogen-bond donors (Lipinski definition) is 2. The van der Waals surface area contributed by atoms with Crippen LogP contribution in [0.15, 0.2) is 76.9 Å². The molecular weight excluding hydrogens is 432 g/mol. The Hall–Kier alpha value is -4.73. The summed E-state index contributed by atoms with van der Waals surface area (Å²) in [6.07, 6.45) is 1.35. The second-order valence-electron chi connectivity index (χ2n) is 7.25. The fourth-order valence-corrected chi connectivity index (χ4v) is 3.66. The molecule has 0 bridgehead atoms. The first-order chi connectivity index (χ1) is 15.8. The second-order valence-corrected chi connectivity index (χ2v) is 7.25. The Labute approximate surface area is 186 Å². The van der Waals surface area contributed by atoms with Crippen molar-refractivity contribution >= 4 is 29.1 Å². The Bertz CT molecular complexity index is 1290. The number of carboxylic acid groups (broad SMARTS) is 1. The molecule has 1 amide bonds. The van der Waals surface area contributed by atoms with Gasteiger partial charge < -0.3 is 19.5 Å². The van der Waals surface area contributed by atoms with Crippen molar-refractivity contribution in [3.63, 3.8) is 0 Å². The summed E-state index contributed by atoms with van der Waals surface area (Å²) in [6, 6.07) is 12.9. The van der Waals surface area contributed by atoms with Gasteiger partial charge in [0.2, 0.25) is 0 Å². The number of furan rings is 1. The zero-order valence-electron chi connectivity index (χ0n) is 16.9. The number of Topliss-reactive ketones (excluding diaryl/α,β-unsaturated/α-hetero) is 1. The number of amides is 1. The van der Waals surface area contributed by atoms with Crippen molar-refractivity contribution < 1.29 is 33.9 Å². The minimum absolute atomic E-state index is 0.00423. The van der Waals surface area contributed by atoms with E-state index in [0.29, 0.717) is 5.56 Å². The van der Waals surface area contributed by atoms with E-state index in [1.807, 2.05) is 0 Å². The molecular formula is C23H16N2O8. The van der Waals surface area contributed by atoms with Crippen LogP contribution in [0.3, 0.4) is 0 Å². The van der Waals surface area contributed by atoms with Crippen molar-refractivity contribution in [1.29, 1.82) is 0 Å². The second kappa shape index (κ2) is 8.42. The molecule has 0 radical (unpaired) electrons. The summed E-state index contributed by atoms with van der Waals surface area (Å²) < 4.78 is 5.43. The number of nitro groups is 1. The lowest BCUT2D eigenvalue weighted by Crippen LogP contribution is -2.29. The highest BCUT2D eigenvalue weighted by atomic mass is 16.6. The van der Waals surface area contributed by atoms with E-state index in [9.17, 15) is 29.6 Å². The molecule has 0 spiro atoms. The number of carbonyl (C=O) groups is 3. The Kier molecular flexibility index (Phi) is 5.49. The van der Waals surface area contributed by atoms with Gasteiger partial charge in [-0.15, -0.1) is 0 Å². The maximum Gasteiger partial charge on any atom is 0.335 e. The summed E-state index contributed by atoms with van der Waals surface area (Å²) in [5.74, 6) is -3.33. The first-order valence-electron chi connectivity index (χ1n) is 9.67. The van der Waals surface area contributed by atoms with E-state index < -0.39 is 34.4 Å². The number of benzene rings is 2. The third-order valence-electron chi connectivity index (χ3n) is 5.24. The molecule has 1 atom stereocenters. The molecule has 3 aromatic rings. The van der Waals surface area contributed by atoms with E-state index in [1.54, 1.807) is 6.07 Å². The summed E-state index contributed by atoms with van der Waals surface area (Å²) in [5.41, 5.74) is 0.0615. The van der Waals surface area contributed by atoms with Crippen molar-refractivity contribution in [2.24, 2.45) is 0 Å². The summed E-state index contributed by atoms with van der Waals surface area (Å²) in [5, 5.41) is 31.1. The molecule has 1 fully saturated rings. The molecule has 0 aliphatic carbocycles. The molecule has 166 valence electrons. The van der Waals surface area contributed by atoms with Crippen molar-refractivity contribution in [3.05, 3.63) is 105 Å². The van der Waals surface area contributed by atoms with E-state index in [4.69, 9.17) is 9.52 Å². The molecule has 2 aromatic carbocycles. The van der Waals surface area contributed by atoms with Gasteiger partial charge in [0.25, 0.3) is 17.4 Å². The highest BCUT2D eigenvalue weighted by Crippen LogP contribution is 2.40. The van der Waals surface area contributed by atoms with E-state index in [-0.39, 0.29) is 34.7 Å². The fourth-order valence-electron chi connectivity index (χ4n) is 3.66. The van der Waals surface area contributed by atoms with Crippen LogP contribution in [0.4, 0.5) is 5.69 Å². The van der Waals surface area contributed by atoms with Crippen molar-refractivity contribution in [2.75, 3.05) is 0 Å². The molecule has 1 aliphatic heterocycles. The Morgan fingerprint density at radius 1 is 1.03 bits per heavy atom. The summed E-state index contributed by atoms with van der Waals surface area (Å²) in [7, 11) is 0. The number of aliphatic hydroxyl groups excluding tert-OH is 1. The molecule has 0 saturated carbocycles. The highest BCUT2D eigenvalue weighted by molar-refractivity contribution is 6.46. The topological polar surface area (TPSA) is 151 Å². The number of ketones is 1. The molecule has 1 aromatic heterocycles. The monoisotopic (exact) mass is 448 g/mol. The number of likely N-dealkylation sites (tertiary alicyclic amines) is 1. The average Bonchev–Trinajstić information content (AvgIpc) is 3.42. The van der Waals surface area contributed by atoms with Gasteiger partial charge in [-0.2, -0.15) is 0 Å². The van der Waals surface area contributed by atoms with Gasteiger partial charge in [0, 0.05) is 24.2 Å². The van der Waals surface area contributed by atoms with Crippen LogP contribution < -0.4 is 0 Å². The van der Waals surface area contributed by atoms with Gasteiger partial charge in [-0.1, -0.05) is 24.3 Å². The number of aromatic carboxylic acids is 1. The van der Waals surface area contributed by atoms with Crippen LogP contribution in [0, 0.1) is 10.1 Å². The van der Waals surface area contributed by atoms with Crippen molar-refractivity contribution in [1.82, 2.24) is 4.90 Å². The van der Waals surface area contributed by atoms with Gasteiger partial charge >= 0.3 is 5.97 Å². The Balaban J connectivity index is 1.79. The molecule has 10 heteroatoms. The molecule has 2 N–H and O–H groups in total. The SMILES string of the molecule is O=C1C(=O)N(Cc2ccc(C(=O)O)cc2)C(c2ccco2)/C1=C(/O)c1cccc([N+](=O)[O-])c1. The van der Waals surface area contributed by atoms with E-state index in [0.717, 1.165) is 6.07 Å². The Morgan fingerprint density at radius 2 is 1.76 bits per heavy atom. The van der Waals surface area contributed by atoms with Crippen LogP contribution in [0.5, 0.6) is 0 Å². The van der Waals surface area contributed by atoms with Crippen LogP contribution >= 0.6 is 0 Å². The first kappa shape index (κ1) is 21.5. The number of carbonyl (C=O) groups excluding carboxylic acids is 2. The normalized spacial score (nSPS) is 17.3. The van der Waals surface area contributed by atoms with Gasteiger partial charge in [0.15, 0.2) is 0 Å². The maximum absolute atomic E-state index is 12.9. The molecule has 1 unspecified atom stereocenters. The number of carboxylic acids is 1. The zero-order valence-corrected chi connectivity index (χ0v) is 16.9. The Morgan fingerprint density at radius 3 is 2.36 bits per heavy atom. The molecule has 10 nitrogen and oxygen atoms in total. The predicted molar refractivity (Wildman–Crippen MR) is 113 cm³/mol. The van der Waals surface area contributed by atoms with Gasteiger partial charge in [-0.25, -0.2) is 4.79 Å². The number of aliphatic hydroxyl groups is 1. The quantitative estimate of drug-likeness (QED) is 0.191. The van der Waals surface area contributed by atoms with Gasteiger partial charge in [0.05, 0.1) is 22.3 Å². The van der Waals surface area contributed by atoms with Gasteiger partial charge in [-0.3, -0.25) is 19.7 Å². The molecule has 1 aliphatic rings. The summed E-state index contributed by atoms with van der Waals surface area (Å²) in [4.78, 5) is 48.6. The van der Waals surface area contributed by atoms with Crippen LogP contribution in [0.2, 0.25) is 0 Å².